The number of nitrogens with one attached hydrogen (secondary N) is 1. The number of hydrogen-bond donors (Lipinski definition) is 1. The Bertz CT molecular complexity index is 255. The predicted molar refractivity (Wildman–Crippen MR) is 60.6 cm³/mol. The summed E-state index contributed by atoms with van der Waals surface area (Å²) in [6, 6.07) is 0.548. The molecule has 80 valence electrons. The molecule has 1 heterocycles. The Labute approximate surface area is 86.5 Å². The van der Waals surface area contributed by atoms with Gasteiger partial charge in [0.1, 0.15) is 0 Å². The van der Waals surface area contributed by atoms with Crippen molar-refractivity contribution in [1.29, 1.82) is 0 Å². The largest absolute Gasteiger partial charge is 0.356 e. The fraction of sp³-hybridized carbons (Fsp3) is 0.727. The number of aromatic nitrogens is 2. The van der Waals surface area contributed by atoms with Crippen LogP contribution in [0.1, 0.15) is 46.1 Å². The molecule has 0 radical (unpaired) electrons. The number of nitrogens with zero attached hydrogens (tertiary/aromatic N) is 2. The van der Waals surface area contributed by atoms with Gasteiger partial charge in [0, 0.05) is 25.0 Å². The molecule has 0 fully saturated rings. The summed E-state index contributed by atoms with van der Waals surface area (Å²) in [6.45, 7) is 7.50. The van der Waals surface area contributed by atoms with Gasteiger partial charge in [0.15, 0.2) is 0 Å². The summed E-state index contributed by atoms with van der Waals surface area (Å²) in [6.07, 6.45) is 7.69. The molecule has 0 bridgehead atoms. The zero-order chi connectivity index (χ0) is 10.4. The van der Waals surface area contributed by atoms with Crippen molar-refractivity contribution in [1.82, 2.24) is 9.55 Å². The number of unbranched alkanes of at least 4 members (excludes halogenated alkanes) is 1. The van der Waals surface area contributed by atoms with Gasteiger partial charge in [-0.2, -0.15) is 0 Å². The highest BCUT2D eigenvalue weighted by molar-refractivity contribution is 5.26. The lowest BCUT2D eigenvalue weighted by molar-refractivity contribution is 0.489. The summed E-state index contributed by atoms with van der Waals surface area (Å²) in [5.41, 5.74) is 0. The van der Waals surface area contributed by atoms with E-state index in [4.69, 9.17) is 0 Å². The Morgan fingerprint density at radius 3 is 2.93 bits per heavy atom. The summed E-state index contributed by atoms with van der Waals surface area (Å²) in [4.78, 5) is 4.29. The Morgan fingerprint density at radius 1 is 1.50 bits per heavy atom. The van der Waals surface area contributed by atoms with Gasteiger partial charge in [-0.25, -0.2) is 4.98 Å². The topological polar surface area (TPSA) is 29.9 Å². The zero-order valence-corrected chi connectivity index (χ0v) is 9.45. The van der Waals surface area contributed by atoms with Crippen molar-refractivity contribution in [3.05, 3.63) is 12.4 Å². The molecule has 0 saturated carbocycles. The van der Waals surface area contributed by atoms with Crippen molar-refractivity contribution in [3.63, 3.8) is 0 Å². The minimum absolute atomic E-state index is 0.548. The predicted octanol–water partition coefficient (Wildman–Crippen LogP) is 3.07. The fourth-order valence-corrected chi connectivity index (χ4v) is 1.60. The van der Waals surface area contributed by atoms with E-state index in [1.54, 1.807) is 0 Å². The molecular weight excluding hydrogens is 174 g/mol. The van der Waals surface area contributed by atoms with E-state index < -0.39 is 0 Å². The molecule has 14 heavy (non-hydrogen) atoms. The van der Waals surface area contributed by atoms with Gasteiger partial charge in [-0.1, -0.05) is 19.8 Å². The second-order valence-corrected chi connectivity index (χ2v) is 3.68. The van der Waals surface area contributed by atoms with Crippen LogP contribution in [0.4, 0.5) is 5.95 Å². The summed E-state index contributed by atoms with van der Waals surface area (Å²) >= 11 is 0. The maximum atomic E-state index is 4.29. The van der Waals surface area contributed by atoms with Crippen molar-refractivity contribution in [2.24, 2.45) is 0 Å². The minimum Gasteiger partial charge on any atom is -0.356 e. The van der Waals surface area contributed by atoms with Crippen LogP contribution in [0.3, 0.4) is 0 Å². The number of rotatable bonds is 6. The smallest absolute Gasteiger partial charge is 0.203 e. The van der Waals surface area contributed by atoms with E-state index in [0.29, 0.717) is 6.04 Å². The highest BCUT2D eigenvalue weighted by Gasteiger charge is 2.07. The van der Waals surface area contributed by atoms with Crippen LogP contribution in [0.15, 0.2) is 12.4 Å². The minimum atomic E-state index is 0.548. The van der Waals surface area contributed by atoms with Gasteiger partial charge in [0.05, 0.1) is 0 Å². The van der Waals surface area contributed by atoms with Gasteiger partial charge in [-0.05, 0) is 20.3 Å². The van der Waals surface area contributed by atoms with Gasteiger partial charge < -0.3 is 9.88 Å². The zero-order valence-electron chi connectivity index (χ0n) is 9.45. The van der Waals surface area contributed by atoms with E-state index in [0.717, 1.165) is 12.5 Å². The van der Waals surface area contributed by atoms with Crippen molar-refractivity contribution in [2.45, 2.75) is 46.1 Å². The average Bonchev–Trinajstić information content (AvgIpc) is 2.63. The summed E-state index contributed by atoms with van der Waals surface area (Å²) in [5.74, 6) is 0.996. The highest BCUT2D eigenvalue weighted by atomic mass is 15.2. The van der Waals surface area contributed by atoms with Crippen molar-refractivity contribution < 1.29 is 0 Å². The van der Waals surface area contributed by atoms with E-state index in [9.17, 15) is 0 Å². The number of hydrogen-bond acceptors (Lipinski definition) is 2. The standard InChI is InChI=1S/C11H21N3/c1-4-6-7-10(3)14-9-8-13-11(14)12-5-2/h8-10H,4-7H2,1-3H3,(H,12,13). The molecule has 0 spiro atoms. The second kappa shape index (κ2) is 5.68. The van der Waals surface area contributed by atoms with Crippen LogP contribution in [-0.2, 0) is 0 Å². The first-order valence-corrected chi connectivity index (χ1v) is 5.56. The van der Waals surface area contributed by atoms with Gasteiger partial charge in [-0.15, -0.1) is 0 Å². The molecule has 0 aromatic carbocycles. The first kappa shape index (κ1) is 11.1. The van der Waals surface area contributed by atoms with Crippen LogP contribution in [0.25, 0.3) is 0 Å². The van der Waals surface area contributed by atoms with Gasteiger partial charge in [0.2, 0.25) is 5.95 Å². The lowest BCUT2D eigenvalue weighted by atomic mass is 10.1. The molecule has 1 atom stereocenters. The van der Waals surface area contributed by atoms with Gasteiger partial charge >= 0.3 is 0 Å². The summed E-state index contributed by atoms with van der Waals surface area (Å²) < 4.78 is 2.22. The molecule has 1 unspecified atom stereocenters. The first-order valence-electron chi connectivity index (χ1n) is 5.56. The molecule has 0 aliphatic rings. The van der Waals surface area contributed by atoms with Gasteiger partial charge in [-0.3, -0.25) is 0 Å². The average molecular weight is 195 g/mol. The van der Waals surface area contributed by atoms with E-state index >= 15 is 0 Å². The first-order chi connectivity index (χ1) is 6.79. The Balaban J connectivity index is 2.58. The fourth-order valence-electron chi connectivity index (χ4n) is 1.60. The molecule has 3 heteroatoms. The van der Waals surface area contributed by atoms with Crippen LogP contribution in [0.2, 0.25) is 0 Å². The molecule has 1 aromatic rings. The van der Waals surface area contributed by atoms with Crippen LogP contribution in [0, 0.1) is 0 Å². The third kappa shape index (κ3) is 2.76. The molecule has 0 aliphatic carbocycles. The van der Waals surface area contributed by atoms with Crippen LogP contribution < -0.4 is 5.32 Å². The van der Waals surface area contributed by atoms with Crippen molar-refractivity contribution in [2.75, 3.05) is 11.9 Å². The van der Waals surface area contributed by atoms with Crippen LogP contribution in [-0.4, -0.2) is 16.1 Å². The van der Waals surface area contributed by atoms with Gasteiger partial charge in [0.25, 0.3) is 0 Å². The van der Waals surface area contributed by atoms with E-state index in [1.165, 1.54) is 19.3 Å². The Hall–Kier alpha value is -0.990. The monoisotopic (exact) mass is 195 g/mol. The van der Waals surface area contributed by atoms with Crippen molar-refractivity contribution >= 4 is 5.95 Å². The normalized spacial score (nSPS) is 12.8. The highest BCUT2D eigenvalue weighted by Crippen LogP contribution is 2.18. The van der Waals surface area contributed by atoms with Crippen molar-refractivity contribution in [3.8, 4) is 0 Å². The third-order valence-electron chi connectivity index (χ3n) is 2.45. The molecule has 0 saturated heterocycles. The van der Waals surface area contributed by atoms with E-state index in [2.05, 4.69) is 41.8 Å². The number of imidazole rings is 1. The second-order valence-electron chi connectivity index (χ2n) is 3.68. The van der Waals surface area contributed by atoms with Crippen LogP contribution >= 0.6 is 0 Å². The molecule has 1 N–H and O–H groups in total. The van der Waals surface area contributed by atoms with Crippen LogP contribution in [0.5, 0.6) is 0 Å². The molecule has 0 amide bonds. The maximum Gasteiger partial charge on any atom is 0.203 e. The summed E-state index contributed by atoms with van der Waals surface area (Å²) in [7, 11) is 0. The SMILES string of the molecule is CCCCC(C)n1ccnc1NCC. The Morgan fingerprint density at radius 2 is 2.29 bits per heavy atom. The Kier molecular flexibility index (Phi) is 4.50. The maximum absolute atomic E-state index is 4.29. The van der Waals surface area contributed by atoms with E-state index in [-0.39, 0.29) is 0 Å². The molecular formula is C11H21N3. The lowest BCUT2D eigenvalue weighted by Crippen LogP contribution is -2.10. The molecule has 1 rings (SSSR count). The molecule has 0 aliphatic heterocycles. The molecule has 3 nitrogen and oxygen atoms in total. The molecule has 1 aromatic heterocycles. The quantitative estimate of drug-likeness (QED) is 0.756. The summed E-state index contributed by atoms with van der Waals surface area (Å²) in [5, 5.41) is 3.27. The third-order valence-corrected chi connectivity index (χ3v) is 2.45. The van der Waals surface area contributed by atoms with E-state index in [1.807, 2.05) is 6.20 Å². The number of anilines is 1. The lowest BCUT2D eigenvalue weighted by Gasteiger charge is -2.16.